The van der Waals surface area contributed by atoms with Gasteiger partial charge in [-0.3, -0.25) is 30.2 Å². The van der Waals surface area contributed by atoms with Gasteiger partial charge in [0.05, 0.1) is 21.9 Å². The number of nitro benzene ring substituents is 2. The smallest absolute Gasteiger partial charge is 0.872 e. The van der Waals surface area contributed by atoms with Gasteiger partial charge in [-0.1, -0.05) is 23.6 Å². The van der Waals surface area contributed by atoms with Crippen molar-refractivity contribution in [3.05, 3.63) is 67.8 Å². The minimum atomic E-state index is -0.520. The van der Waals surface area contributed by atoms with Gasteiger partial charge < -0.3 is 10.2 Å². The van der Waals surface area contributed by atoms with Crippen LogP contribution < -0.4 is 10.2 Å². The third-order valence-electron chi connectivity index (χ3n) is 4.35. The maximum absolute atomic E-state index is 11.3. The molecule has 0 unspecified atom stereocenters. The fourth-order valence-electron chi connectivity index (χ4n) is 2.32. The maximum atomic E-state index is 11.3. The third kappa shape index (κ3) is 7.53. The molecule has 0 bridgehead atoms. The summed E-state index contributed by atoms with van der Waals surface area (Å²) < 4.78 is 0. The SMILES string of the molecule is O=[N+]([O-])c1ccc([O-])c(C=NC2CC2)c1.O=[N+]([O-])c1ccc([O-])c(C=NC2CC2)c1.[Zn+2]. The Hall–Kier alpha value is -3.20. The number of nitrogens with zero attached hydrogens (tertiary/aromatic N) is 4. The summed E-state index contributed by atoms with van der Waals surface area (Å²) in [5.41, 5.74) is 0.422. The van der Waals surface area contributed by atoms with Crippen molar-refractivity contribution in [3.8, 4) is 11.5 Å². The molecule has 0 N–H and O–H groups in total. The number of hydrogen-bond donors (Lipinski definition) is 0. The van der Waals surface area contributed by atoms with Crippen LogP contribution in [0, 0.1) is 20.2 Å². The van der Waals surface area contributed by atoms with E-state index in [4.69, 9.17) is 0 Å². The molecule has 0 saturated heterocycles. The predicted octanol–water partition coefficient (Wildman–Crippen LogP) is 2.50. The van der Waals surface area contributed by atoms with Gasteiger partial charge in [0, 0.05) is 36.7 Å². The summed E-state index contributed by atoms with van der Waals surface area (Å²) in [6.45, 7) is 0. The topological polar surface area (TPSA) is 157 Å². The van der Waals surface area contributed by atoms with Gasteiger partial charge >= 0.3 is 19.5 Å². The Balaban J connectivity index is 0.000000213. The van der Waals surface area contributed by atoms with Crippen molar-refractivity contribution in [1.82, 2.24) is 0 Å². The van der Waals surface area contributed by atoms with E-state index in [-0.39, 0.29) is 53.5 Å². The van der Waals surface area contributed by atoms with Crippen LogP contribution in [-0.2, 0) is 19.5 Å². The van der Waals surface area contributed by atoms with Gasteiger partial charge in [0.25, 0.3) is 11.4 Å². The first-order chi connectivity index (χ1) is 14.3. The molecule has 31 heavy (non-hydrogen) atoms. The Kier molecular flexibility index (Phi) is 8.32. The Morgan fingerprint density at radius 1 is 0.742 bits per heavy atom. The van der Waals surface area contributed by atoms with Crippen molar-refractivity contribution < 1.29 is 39.5 Å². The molecule has 0 aliphatic heterocycles. The first-order valence-electron chi connectivity index (χ1n) is 9.30. The summed E-state index contributed by atoms with van der Waals surface area (Å²) in [7, 11) is 0. The largest absolute Gasteiger partial charge is 2.00 e. The molecular formula is C20H18N4O6Zn. The number of nitro groups is 2. The van der Waals surface area contributed by atoms with Crippen LogP contribution in [0.2, 0.25) is 0 Å². The molecular weight excluding hydrogens is 458 g/mol. The first-order valence-corrected chi connectivity index (χ1v) is 9.30. The van der Waals surface area contributed by atoms with E-state index in [1.165, 1.54) is 48.8 Å². The second kappa shape index (κ2) is 10.7. The maximum Gasteiger partial charge on any atom is 2.00 e. The van der Waals surface area contributed by atoms with E-state index in [9.17, 15) is 30.4 Å². The Morgan fingerprint density at radius 2 is 1.10 bits per heavy atom. The van der Waals surface area contributed by atoms with Crippen LogP contribution in [-0.4, -0.2) is 34.4 Å². The van der Waals surface area contributed by atoms with Gasteiger partial charge in [-0.25, -0.2) is 0 Å². The molecule has 11 heteroatoms. The van der Waals surface area contributed by atoms with E-state index in [1.54, 1.807) is 0 Å². The third-order valence-corrected chi connectivity index (χ3v) is 4.35. The van der Waals surface area contributed by atoms with Crippen molar-refractivity contribution in [2.75, 3.05) is 0 Å². The molecule has 2 aliphatic carbocycles. The second-order valence-electron chi connectivity index (χ2n) is 6.98. The molecule has 0 atom stereocenters. The molecule has 10 nitrogen and oxygen atoms in total. The average Bonchev–Trinajstić information content (AvgIpc) is 3.62. The van der Waals surface area contributed by atoms with Crippen molar-refractivity contribution in [2.45, 2.75) is 37.8 Å². The number of aliphatic imine (C=N–C) groups is 2. The number of hydrogen-bond acceptors (Lipinski definition) is 8. The van der Waals surface area contributed by atoms with E-state index < -0.39 is 9.85 Å². The van der Waals surface area contributed by atoms with Crippen molar-refractivity contribution in [1.29, 1.82) is 0 Å². The molecule has 2 aromatic rings. The van der Waals surface area contributed by atoms with E-state index in [0.29, 0.717) is 12.1 Å². The van der Waals surface area contributed by atoms with Gasteiger partial charge in [-0.2, -0.15) is 0 Å². The number of non-ortho nitro benzene ring substituents is 2. The second-order valence-corrected chi connectivity index (χ2v) is 6.98. The van der Waals surface area contributed by atoms with Crippen LogP contribution in [0.3, 0.4) is 0 Å². The average molecular weight is 476 g/mol. The van der Waals surface area contributed by atoms with E-state index >= 15 is 0 Å². The summed E-state index contributed by atoms with van der Waals surface area (Å²) in [6, 6.07) is 7.95. The molecule has 156 valence electrons. The summed E-state index contributed by atoms with van der Waals surface area (Å²) in [6.07, 6.45) is 7.04. The molecule has 0 spiro atoms. The Bertz CT molecular complexity index is 937. The molecule has 2 saturated carbocycles. The zero-order valence-corrected chi connectivity index (χ0v) is 19.5. The monoisotopic (exact) mass is 474 g/mol. The summed E-state index contributed by atoms with van der Waals surface area (Å²) in [5, 5.41) is 43.6. The molecule has 0 amide bonds. The van der Waals surface area contributed by atoms with Crippen molar-refractivity contribution in [3.63, 3.8) is 0 Å². The van der Waals surface area contributed by atoms with E-state index in [1.807, 2.05) is 0 Å². The predicted molar refractivity (Wildman–Crippen MR) is 106 cm³/mol. The van der Waals surface area contributed by atoms with E-state index in [2.05, 4.69) is 9.98 Å². The van der Waals surface area contributed by atoms with Gasteiger partial charge in [0.1, 0.15) is 0 Å². The normalized spacial score (nSPS) is 15.2. The Labute approximate surface area is 190 Å². The molecule has 2 aliphatic rings. The number of benzene rings is 2. The fraction of sp³-hybridized carbons (Fsp3) is 0.300. The van der Waals surface area contributed by atoms with Gasteiger partial charge in [0.2, 0.25) is 0 Å². The van der Waals surface area contributed by atoms with Crippen molar-refractivity contribution >= 4 is 23.8 Å². The van der Waals surface area contributed by atoms with Gasteiger partial charge in [-0.15, -0.1) is 0 Å². The molecule has 2 fully saturated rings. The van der Waals surface area contributed by atoms with Crippen LogP contribution >= 0.6 is 0 Å². The molecule has 2 aromatic carbocycles. The van der Waals surface area contributed by atoms with Crippen molar-refractivity contribution in [2.24, 2.45) is 9.98 Å². The van der Waals surface area contributed by atoms with Crippen LogP contribution in [0.1, 0.15) is 36.8 Å². The van der Waals surface area contributed by atoms with Crippen LogP contribution in [0.5, 0.6) is 11.5 Å². The molecule has 0 aromatic heterocycles. The number of rotatable bonds is 6. The summed E-state index contributed by atoms with van der Waals surface area (Å²) >= 11 is 0. The molecule has 4 rings (SSSR count). The first kappa shape index (κ1) is 24.1. The quantitative estimate of drug-likeness (QED) is 0.270. The van der Waals surface area contributed by atoms with Crippen LogP contribution in [0.15, 0.2) is 46.4 Å². The summed E-state index contributed by atoms with van der Waals surface area (Å²) in [4.78, 5) is 28.1. The minimum absolute atomic E-state index is 0. The standard InChI is InChI=1S/2C10H10N2O3.Zn/c2*13-10-4-3-9(12(14)15)5-7(10)6-11-8-1-2-8;/h2*3-6,8,13H,1-2H2;/q;;+2/p-2. The molecule has 0 heterocycles. The zero-order valence-electron chi connectivity index (χ0n) is 16.5. The van der Waals surface area contributed by atoms with E-state index in [0.717, 1.165) is 25.7 Å². The Morgan fingerprint density at radius 3 is 1.39 bits per heavy atom. The van der Waals surface area contributed by atoms with Crippen LogP contribution in [0.25, 0.3) is 0 Å². The summed E-state index contributed by atoms with van der Waals surface area (Å²) in [5.74, 6) is -0.463. The van der Waals surface area contributed by atoms with Crippen LogP contribution in [0.4, 0.5) is 11.4 Å². The fourth-order valence-corrected chi connectivity index (χ4v) is 2.32. The minimum Gasteiger partial charge on any atom is -0.872 e. The van der Waals surface area contributed by atoms with Gasteiger partial charge in [-0.05, 0) is 36.8 Å². The van der Waals surface area contributed by atoms with Gasteiger partial charge in [0.15, 0.2) is 0 Å². The molecule has 0 radical (unpaired) electrons. The zero-order chi connectivity index (χ0) is 21.7.